The number of allylic oxidation sites excluding steroid dienone is 1. The maximum absolute atomic E-state index is 14.4. The molecule has 5 fully saturated rings. The van der Waals surface area contributed by atoms with Crippen LogP contribution in [0.2, 0.25) is 0 Å². The number of aliphatic imine (C=N–C) groups is 1. The van der Waals surface area contributed by atoms with Crippen molar-refractivity contribution in [2.75, 3.05) is 14.1 Å². The number of Topliss-reactive ketones (excluding diaryl/α,β-unsaturated/α-hetero) is 1. The van der Waals surface area contributed by atoms with E-state index in [1.54, 1.807) is 0 Å². The normalized spacial score (nSPS) is 55.0. The molecule has 6 rings (SSSR count). The Kier molecular flexibility index (Phi) is 4.94. The SMILES string of the molecule is CC(C)C1=N[C@H]2CC[C@]34C[C@@]35C(=O)C[C@]3(C)[C@@H]([C@H](C)N(C)C)[C@H](O)C[C@@]3(C)[C@@H]5CC[C@H]4[C@]2(C)C=C1. The molecule has 11 atom stereocenters. The van der Waals surface area contributed by atoms with Crippen molar-refractivity contribution in [2.45, 2.75) is 105 Å². The van der Waals surface area contributed by atoms with Crippen LogP contribution in [-0.2, 0) is 4.79 Å². The number of fused-ring (bicyclic) bond motifs is 4. The Morgan fingerprint density at radius 2 is 1.74 bits per heavy atom. The summed E-state index contributed by atoms with van der Waals surface area (Å²) in [5.74, 6) is 2.13. The number of hydrogen-bond acceptors (Lipinski definition) is 4. The molecule has 0 aromatic heterocycles. The Hall–Kier alpha value is -1.00. The van der Waals surface area contributed by atoms with Crippen molar-refractivity contribution < 1.29 is 9.90 Å². The van der Waals surface area contributed by atoms with E-state index in [0.29, 0.717) is 36.0 Å². The highest BCUT2D eigenvalue weighted by Gasteiger charge is 2.86. The molecule has 0 radical (unpaired) electrons. The largest absolute Gasteiger partial charge is 0.393 e. The van der Waals surface area contributed by atoms with E-state index in [1.807, 2.05) is 0 Å². The summed E-state index contributed by atoms with van der Waals surface area (Å²) in [5, 5.41) is 11.5. The molecule has 5 saturated carbocycles. The molecular weight excluding hydrogens is 432 g/mol. The molecule has 0 aromatic rings. The van der Waals surface area contributed by atoms with Crippen LogP contribution in [0.1, 0.15) is 86.5 Å². The molecule has 5 aliphatic carbocycles. The number of nitrogens with zero attached hydrogens (tertiary/aromatic N) is 2. The second kappa shape index (κ2) is 7.10. The lowest BCUT2D eigenvalue weighted by Gasteiger charge is -2.62. The van der Waals surface area contributed by atoms with E-state index < -0.39 is 0 Å². The maximum atomic E-state index is 14.4. The van der Waals surface area contributed by atoms with Gasteiger partial charge in [-0.3, -0.25) is 9.79 Å². The van der Waals surface area contributed by atoms with Gasteiger partial charge >= 0.3 is 0 Å². The summed E-state index contributed by atoms with van der Waals surface area (Å²) in [5.41, 5.74) is 1.22. The number of aliphatic hydroxyl groups is 1. The van der Waals surface area contributed by atoms with Gasteiger partial charge in [-0.05, 0) is 99.6 Å². The number of hydrogen-bond donors (Lipinski definition) is 1. The van der Waals surface area contributed by atoms with Gasteiger partial charge in [0, 0.05) is 34.9 Å². The number of aliphatic hydroxyl groups excluding tert-OH is 1. The topological polar surface area (TPSA) is 52.9 Å². The zero-order valence-electron chi connectivity index (χ0n) is 23.4. The van der Waals surface area contributed by atoms with Crippen LogP contribution in [-0.4, -0.2) is 53.8 Å². The molecule has 0 bridgehead atoms. The van der Waals surface area contributed by atoms with Gasteiger partial charge < -0.3 is 10.0 Å². The van der Waals surface area contributed by atoms with Gasteiger partial charge in [0.1, 0.15) is 5.78 Å². The highest BCUT2D eigenvalue weighted by molar-refractivity contribution is 5.97. The Labute approximate surface area is 213 Å². The van der Waals surface area contributed by atoms with E-state index >= 15 is 0 Å². The summed E-state index contributed by atoms with van der Waals surface area (Å²) in [4.78, 5) is 22.0. The van der Waals surface area contributed by atoms with Crippen LogP contribution in [0.4, 0.5) is 0 Å². The van der Waals surface area contributed by atoms with Gasteiger partial charge in [0.25, 0.3) is 0 Å². The fourth-order valence-electron chi connectivity index (χ4n) is 11.4. The van der Waals surface area contributed by atoms with Crippen molar-refractivity contribution in [1.82, 2.24) is 4.90 Å². The molecule has 1 N–H and O–H groups in total. The molecule has 35 heavy (non-hydrogen) atoms. The molecule has 0 unspecified atom stereocenters. The summed E-state index contributed by atoms with van der Waals surface area (Å²) in [6, 6.07) is 0.630. The van der Waals surface area contributed by atoms with Crippen molar-refractivity contribution >= 4 is 11.5 Å². The van der Waals surface area contributed by atoms with Crippen LogP contribution in [0.5, 0.6) is 0 Å². The molecule has 194 valence electrons. The lowest BCUT2D eigenvalue weighted by atomic mass is 9.41. The third-order valence-electron chi connectivity index (χ3n) is 13.4. The van der Waals surface area contributed by atoms with E-state index in [4.69, 9.17) is 4.99 Å². The lowest BCUT2D eigenvalue weighted by molar-refractivity contribution is -0.167. The quantitative estimate of drug-likeness (QED) is 0.577. The molecule has 4 nitrogen and oxygen atoms in total. The fraction of sp³-hybridized carbons (Fsp3) is 0.871. The monoisotopic (exact) mass is 480 g/mol. The minimum atomic E-state index is -0.323. The molecule has 2 spiro atoms. The molecular formula is C31H48N2O2. The first-order valence-electron chi connectivity index (χ1n) is 14.4. The number of carbonyl (C=O) groups excluding carboxylic acids is 1. The third-order valence-corrected chi connectivity index (χ3v) is 13.4. The summed E-state index contributed by atoms with van der Waals surface area (Å²) < 4.78 is 0. The Morgan fingerprint density at radius 1 is 1.06 bits per heavy atom. The molecule has 4 heteroatoms. The van der Waals surface area contributed by atoms with Crippen LogP contribution >= 0.6 is 0 Å². The van der Waals surface area contributed by atoms with E-state index in [9.17, 15) is 9.90 Å². The number of dihydropyridines is 1. The van der Waals surface area contributed by atoms with Gasteiger partial charge in [-0.15, -0.1) is 0 Å². The van der Waals surface area contributed by atoms with Crippen LogP contribution in [0.25, 0.3) is 0 Å². The minimum absolute atomic E-state index is 0.0207. The Morgan fingerprint density at radius 3 is 2.40 bits per heavy atom. The predicted octanol–water partition coefficient (Wildman–Crippen LogP) is 5.54. The third kappa shape index (κ3) is 2.62. The van der Waals surface area contributed by atoms with Gasteiger partial charge in [-0.1, -0.05) is 40.7 Å². The van der Waals surface area contributed by atoms with Crippen molar-refractivity contribution in [3.05, 3.63) is 12.2 Å². The minimum Gasteiger partial charge on any atom is -0.393 e. The average Bonchev–Trinajstić information content (AvgIpc) is 3.41. The highest BCUT2D eigenvalue weighted by atomic mass is 16.3. The van der Waals surface area contributed by atoms with Crippen LogP contribution < -0.4 is 0 Å². The van der Waals surface area contributed by atoms with E-state index in [1.165, 1.54) is 12.1 Å². The number of carbonyl (C=O) groups is 1. The Balaban J connectivity index is 1.38. The van der Waals surface area contributed by atoms with Crippen molar-refractivity contribution in [2.24, 2.45) is 55.7 Å². The first kappa shape index (κ1) is 24.3. The van der Waals surface area contributed by atoms with Crippen molar-refractivity contribution in [1.29, 1.82) is 0 Å². The fourth-order valence-corrected chi connectivity index (χ4v) is 11.4. The van der Waals surface area contributed by atoms with Gasteiger partial charge in [0.2, 0.25) is 0 Å². The molecule has 0 saturated heterocycles. The van der Waals surface area contributed by atoms with Crippen LogP contribution in [0.3, 0.4) is 0 Å². The van der Waals surface area contributed by atoms with E-state index in [0.717, 1.165) is 32.1 Å². The standard InChI is InChI=1S/C31H48N2O2/c1-18(2)20-11-13-27(4)22-9-10-23-28(5)15-21(34)26(19(3)33(7)8)29(28,6)16-25(35)31(23)17-30(22,31)14-12-24(27)32-20/h11,13,18-19,21-24,26,34H,9-10,12,14-17H2,1-8H3/t19-,21+,22-,23-,24-,26-,27-,28-,29+,30+,31+/m0/s1. The number of ketones is 1. The molecule has 0 aromatic carbocycles. The smallest absolute Gasteiger partial charge is 0.140 e. The first-order valence-corrected chi connectivity index (χ1v) is 14.4. The van der Waals surface area contributed by atoms with Crippen LogP contribution in [0, 0.1) is 50.7 Å². The van der Waals surface area contributed by atoms with Gasteiger partial charge in [-0.2, -0.15) is 0 Å². The predicted molar refractivity (Wildman–Crippen MR) is 141 cm³/mol. The molecule has 6 aliphatic rings. The van der Waals surface area contributed by atoms with Crippen LogP contribution in [0.15, 0.2) is 17.1 Å². The highest BCUT2D eigenvalue weighted by Crippen LogP contribution is 2.88. The van der Waals surface area contributed by atoms with E-state index in [-0.39, 0.29) is 45.1 Å². The Bertz CT molecular complexity index is 1020. The maximum Gasteiger partial charge on any atom is 0.140 e. The molecule has 1 aliphatic heterocycles. The van der Waals surface area contributed by atoms with Gasteiger partial charge in [0.15, 0.2) is 0 Å². The lowest BCUT2D eigenvalue weighted by Crippen LogP contribution is -2.61. The van der Waals surface area contributed by atoms with Crippen molar-refractivity contribution in [3.8, 4) is 0 Å². The molecule has 0 amide bonds. The second-order valence-electron chi connectivity index (χ2n) is 14.9. The van der Waals surface area contributed by atoms with Crippen molar-refractivity contribution in [3.63, 3.8) is 0 Å². The first-order chi connectivity index (χ1) is 16.3. The van der Waals surface area contributed by atoms with Gasteiger partial charge in [-0.25, -0.2) is 0 Å². The molecule has 1 heterocycles. The summed E-state index contributed by atoms with van der Waals surface area (Å²) in [6.07, 6.45) is 11.7. The average molecular weight is 481 g/mol. The second-order valence-corrected chi connectivity index (χ2v) is 14.9. The summed E-state index contributed by atoms with van der Waals surface area (Å²) >= 11 is 0. The van der Waals surface area contributed by atoms with E-state index in [2.05, 4.69) is 72.7 Å². The summed E-state index contributed by atoms with van der Waals surface area (Å²) in [6.45, 7) is 14.0. The zero-order valence-corrected chi connectivity index (χ0v) is 23.4. The van der Waals surface area contributed by atoms with Gasteiger partial charge in [0.05, 0.1) is 12.1 Å². The zero-order chi connectivity index (χ0) is 25.3. The summed E-state index contributed by atoms with van der Waals surface area (Å²) in [7, 11) is 4.24. The number of rotatable bonds is 3.